The smallest absolute Gasteiger partial charge is 0.324 e. The van der Waals surface area contributed by atoms with Crippen molar-refractivity contribution >= 4 is 12.4 Å². The predicted octanol–water partition coefficient (Wildman–Crippen LogP) is 4.95. The average molecular weight is 320 g/mol. The average Bonchev–Trinajstić information content (AvgIpc) is 2.37. The monoisotopic (exact) mass is 319 g/mol. The largest absolute Gasteiger partial charge is 0.416 e. The van der Waals surface area contributed by atoms with Crippen LogP contribution in [-0.2, 0) is 6.18 Å². The van der Waals surface area contributed by atoms with Crippen LogP contribution < -0.4 is 5.73 Å². The molecule has 1 atom stereocenters. The van der Waals surface area contributed by atoms with Gasteiger partial charge in [0, 0.05) is 6.04 Å². The molecule has 2 N–H and O–H groups in total. The van der Waals surface area contributed by atoms with Crippen LogP contribution in [0.2, 0.25) is 0 Å². The maximum atomic E-state index is 13.3. The summed E-state index contributed by atoms with van der Waals surface area (Å²) in [5.41, 5.74) is 6.27. The molecule has 1 unspecified atom stereocenters. The van der Waals surface area contributed by atoms with E-state index in [1.54, 1.807) is 31.2 Å². The van der Waals surface area contributed by atoms with Crippen molar-refractivity contribution in [3.8, 4) is 11.1 Å². The molecular formula is C15H14ClF4N. The molecule has 0 fully saturated rings. The first-order valence-electron chi connectivity index (χ1n) is 6.01. The third kappa shape index (κ3) is 4.19. The van der Waals surface area contributed by atoms with Crippen molar-refractivity contribution in [3.05, 3.63) is 59.4 Å². The Balaban J connectivity index is 0.00000220. The minimum absolute atomic E-state index is 0. The van der Waals surface area contributed by atoms with Gasteiger partial charge in [0.15, 0.2) is 0 Å². The Kier molecular flexibility index (Phi) is 5.36. The number of hydrogen-bond acceptors (Lipinski definition) is 1. The Morgan fingerprint density at radius 2 is 1.52 bits per heavy atom. The Bertz CT molecular complexity index is 606. The van der Waals surface area contributed by atoms with Gasteiger partial charge in [-0.2, -0.15) is 13.2 Å². The lowest BCUT2D eigenvalue weighted by Crippen LogP contribution is -2.06. The second kappa shape index (κ2) is 6.45. The van der Waals surface area contributed by atoms with E-state index in [4.69, 9.17) is 5.73 Å². The maximum Gasteiger partial charge on any atom is 0.416 e. The van der Waals surface area contributed by atoms with Gasteiger partial charge >= 0.3 is 6.18 Å². The normalized spacial score (nSPS) is 12.7. The summed E-state index contributed by atoms with van der Waals surface area (Å²) in [6.45, 7) is 1.80. The van der Waals surface area contributed by atoms with Crippen molar-refractivity contribution < 1.29 is 17.6 Å². The van der Waals surface area contributed by atoms with E-state index in [1.807, 2.05) is 0 Å². The fraction of sp³-hybridized carbons (Fsp3) is 0.200. The molecular weight excluding hydrogens is 306 g/mol. The molecule has 0 saturated heterocycles. The highest BCUT2D eigenvalue weighted by molar-refractivity contribution is 5.85. The molecule has 2 aromatic carbocycles. The van der Waals surface area contributed by atoms with Crippen LogP contribution in [0, 0.1) is 5.82 Å². The molecule has 0 aromatic heterocycles. The molecule has 1 nitrogen and oxygen atoms in total. The van der Waals surface area contributed by atoms with Crippen LogP contribution in [0.1, 0.15) is 24.1 Å². The molecule has 0 aliphatic rings. The number of rotatable bonds is 2. The van der Waals surface area contributed by atoms with Crippen LogP contribution in [0.15, 0.2) is 42.5 Å². The minimum atomic E-state index is -4.57. The molecule has 0 saturated carbocycles. The molecule has 6 heteroatoms. The van der Waals surface area contributed by atoms with E-state index in [0.717, 1.165) is 17.7 Å². The zero-order valence-corrected chi connectivity index (χ0v) is 11.9. The van der Waals surface area contributed by atoms with Gasteiger partial charge in [0.05, 0.1) is 5.56 Å². The molecule has 2 aromatic rings. The molecule has 114 valence electrons. The first kappa shape index (κ1) is 17.5. The fourth-order valence-corrected chi connectivity index (χ4v) is 1.90. The van der Waals surface area contributed by atoms with Crippen LogP contribution in [-0.4, -0.2) is 0 Å². The minimum Gasteiger partial charge on any atom is -0.324 e. The standard InChI is InChI=1S/C15H13F4N.ClH/c1-9(20)10-2-4-11(5-3-10)12-6-13(15(17,18)19)8-14(16)7-12;/h2-9H,20H2,1H3;1H. The highest BCUT2D eigenvalue weighted by Gasteiger charge is 2.31. The van der Waals surface area contributed by atoms with Crippen molar-refractivity contribution in [2.24, 2.45) is 5.73 Å². The Hall–Kier alpha value is -1.59. The van der Waals surface area contributed by atoms with E-state index in [0.29, 0.717) is 11.6 Å². The van der Waals surface area contributed by atoms with Crippen LogP contribution in [0.25, 0.3) is 11.1 Å². The molecule has 0 aliphatic carbocycles. The van der Waals surface area contributed by atoms with Gasteiger partial charge in [-0.3, -0.25) is 0 Å². The van der Waals surface area contributed by atoms with Gasteiger partial charge < -0.3 is 5.73 Å². The number of hydrogen-bond donors (Lipinski definition) is 1. The van der Waals surface area contributed by atoms with Gasteiger partial charge in [0.2, 0.25) is 0 Å². The summed E-state index contributed by atoms with van der Waals surface area (Å²) in [7, 11) is 0. The third-order valence-corrected chi connectivity index (χ3v) is 2.99. The number of halogens is 5. The SMILES string of the molecule is CC(N)c1ccc(-c2cc(F)cc(C(F)(F)F)c2)cc1.Cl. The summed E-state index contributed by atoms with van der Waals surface area (Å²) in [6.07, 6.45) is -4.57. The van der Waals surface area contributed by atoms with Gasteiger partial charge in [0.25, 0.3) is 0 Å². The maximum absolute atomic E-state index is 13.3. The topological polar surface area (TPSA) is 26.0 Å². The van der Waals surface area contributed by atoms with E-state index in [1.165, 1.54) is 0 Å². The molecule has 0 spiro atoms. The quantitative estimate of drug-likeness (QED) is 0.778. The van der Waals surface area contributed by atoms with Crippen molar-refractivity contribution in [2.75, 3.05) is 0 Å². The Labute approximate surface area is 126 Å². The van der Waals surface area contributed by atoms with Crippen molar-refractivity contribution in [1.29, 1.82) is 0 Å². The number of nitrogens with two attached hydrogens (primary N) is 1. The molecule has 0 bridgehead atoms. The molecule has 0 amide bonds. The number of alkyl halides is 3. The van der Waals surface area contributed by atoms with Gasteiger partial charge in [-0.1, -0.05) is 24.3 Å². The lowest BCUT2D eigenvalue weighted by Gasteiger charge is -2.11. The van der Waals surface area contributed by atoms with Crippen molar-refractivity contribution in [1.82, 2.24) is 0 Å². The van der Waals surface area contributed by atoms with Crippen LogP contribution in [0.5, 0.6) is 0 Å². The molecule has 21 heavy (non-hydrogen) atoms. The first-order chi connectivity index (χ1) is 9.27. The highest BCUT2D eigenvalue weighted by atomic mass is 35.5. The van der Waals surface area contributed by atoms with Crippen molar-refractivity contribution in [3.63, 3.8) is 0 Å². The molecule has 2 rings (SSSR count). The fourth-order valence-electron chi connectivity index (χ4n) is 1.90. The first-order valence-corrected chi connectivity index (χ1v) is 6.01. The lowest BCUT2D eigenvalue weighted by molar-refractivity contribution is -0.137. The van der Waals surface area contributed by atoms with E-state index in [9.17, 15) is 17.6 Å². The van der Waals surface area contributed by atoms with Crippen LogP contribution in [0.4, 0.5) is 17.6 Å². The molecule has 0 radical (unpaired) electrons. The summed E-state index contributed by atoms with van der Waals surface area (Å²) in [5, 5.41) is 0. The third-order valence-electron chi connectivity index (χ3n) is 2.99. The van der Waals surface area contributed by atoms with Crippen molar-refractivity contribution in [2.45, 2.75) is 19.1 Å². The summed E-state index contributed by atoms with van der Waals surface area (Å²) >= 11 is 0. The Morgan fingerprint density at radius 1 is 0.952 bits per heavy atom. The van der Waals surface area contributed by atoms with Crippen LogP contribution in [0.3, 0.4) is 0 Å². The molecule has 0 heterocycles. The second-order valence-corrected chi connectivity index (χ2v) is 4.64. The highest BCUT2D eigenvalue weighted by Crippen LogP contribution is 2.33. The van der Waals surface area contributed by atoms with Gasteiger partial charge in [-0.05, 0) is 41.8 Å². The van der Waals surface area contributed by atoms with Gasteiger partial charge in [-0.15, -0.1) is 12.4 Å². The van der Waals surface area contributed by atoms with Crippen LogP contribution >= 0.6 is 12.4 Å². The van der Waals surface area contributed by atoms with E-state index < -0.39 is 17.6 Å². The van der Waals surface area contributed by atoms with E-state index in [2.05, 4.69) is 0 Å². The zero-order chi connectivity index (χ0) is 14.9. The predicted molar refractivity (Wildman–Crippen MR) is 76.7 cm³/mol. The van der Waals surface area contributed by atoms with E-state index >= 15 is 0 Å². The summed E-state index contributed by atoms with van der Waals surface area (Å²) in [6, 6.07) is 9.04. The van der Waals surface area contributed by atoms with E-state index in [-0.39, 0.29) is 24.0 Å². The summed E-state index contributed by atoms with van der Waals surface area (Å²) in [5.74, 6) is -0.911. The zero-order valence-electron chi connectivity index (χ0n) is 11.1. The Morgan fingerprint density at radius 3 is 2.00 bits per heavy atom. The summed E-state index contributed by atoms with van der Waals surface area (Å²) < 4.78 is 51.3. The van der Waals surface area contributed by atoms with Gasteiger partial charge in [0.1, 0.15) is 5.82 Å². The number of benzene rings is 2. The second-order valence-electron chi connectivity index (χ2n) is 4.64. The summed E-state index contributed by atoms with van der Waals surface area (Å²) in [4.78, 5) is 0. The van der Waals surface area contributed by atoms with Gasteiger partial charge in [-0.25, -0.2) is 4.39 Å². The lowest BCUT2D eigenvalue weighted by atomic mass is 10.00. The molecule has 0 aliphatic heterocycles.